The van der Waals surface area contributed by atoms with Crippen LogP contribution in [0.2, 0.25) is 0 Å². The molecule has 0 spiro atoms. The second-order valence-electron chi connectivity index (χ2n) is 6.33. The van der Waals surface area contributed by atoms with Crippen LogP contribution in [0.5, 0.6) is 0 Å². The summed E-state index contributed by atoms with van der Waals surface area (Å²) in [6, 6.07) is 4.47. The molecule has 0 fully saturated rings. The van der Waals surface area contributed by atoms with E-state index >= 15 is 0 Å². The number of rotatable bonds is 10. The maximum Gasteiger partial charge on any atom is 0.128 e. The second-order valence-corrected chi connectivity index (χ2v) is 6.33. The van der Waals surface area contributed by atoms with Gasteiger partial charge >= 0.3 is 0 Å². The quantitative estimate of drug-likeness (QED) is 0.660. The number of aromatic nitrogens is 1. The smallest absolute Gasteiger partial charge is 0.128 e. The monoisotopic (exact) mass is 291 g/mol. The summed E-state index contributed by atoms with van der Waals surface area (Å²) in [7, 11) is 2.16. The Morgan fingerprint density at radius 2 is 1.95 bits per heavy atom. The Morgan fingerprint density at radius 1 is 1.19 bits per heavy atom. The van der Waals surface area contributed by atoms with Crippen molar-refractivity contribution in [3.8, 4) is 0 Å². The van der Waals surface area contributed by atoms with Crippen molar-refractivity contribution >= 4 is 5.82 Å². The lowest BCUT2D eigenvalue weighted by Crippen LogP contribution is -2.22. The van der Waals surface area contributed by atoms with E-state index in [1.807, 2.05) is 0 Å². The van der Waals surface area contributed by atoms with Gasteiger partial charge in [0, 0.05) is 25.8 Å². The molecule has 0 aliphatic carbocycles. The number of nitrogens with zero attached hydrogens (tertiary/aromatic N) is 2. The van der Waals surface area contributed by atoms with Crippen LogP contribution in [0.3, 0.4) is 0 Å². The average molecular weight is 291 g/mol. The standard InChI is InChI=1S/C18H33N3/c1-6-8-9-10-21(5)18-12-16(11-17(7-2)20-18)14-19-13-15(3)4/h11-12,15,19H,6-10,13-14H2,1-5H3. The Labute approximate surface area is 131 Å². The Hall–Kier alpha value is -1.09. The predicted octanol–water partition coefficient (Wildman–Crippen LogP) is 4.02. The summed E-state index contributed by atoms with van der Waals surface area (Å²) in [5.74, 6) is 1.81. The number of hydrogen-bond acceptors (Lipinski definition) is 3. The fourth-order valence-electron chi connectivity index (χ4n) is 2.33. The molecule has 0 aromatic carbocycles. The van der Waals surface area contributed by atoms with Gasteiger partial charge in [-0.15, -0.1) is 0 Å². The lowest BCUT2D eigenvalue weighted by molar-refractivity contribution is 0.552. The molecular formula is C18H33N3. The number of pyridine rings is 1. The molecule has 1 aromatic heterocycles. The first-order valence-electron chi connectivity index (χ1n) is 8.48. The molecule has 0 bridgehead atoms. The van der Waals surface area contributed by atoms with Gasteiger partial charge in [-0.3, -0.25) is 0 Å². The summed E-state index contributed by atoms with van der Waals surface area (Å²) in [5.41, 5.74) is 2.54. The van der Waals surface area contributed by atoms with Gasteiger partial charge in [-0.05, 0) is 43.0 Å². The van der Waals surface area contributed by atoms with Crippen LogP contribution < -0.4 is 10.2 Å². The molecule has 3 nitrogen and oxygen atoms in total. The molecule has 0 saturated carbocycles. The van der Waals surface area contributed by atoms with Gasteiger partial charge in [0.1, 0.15) is 5.82 Å². The average Bonchev–Trinajstić information content (AvgIpc) is 2.46. The summed E-state index contributed by atoms with van der Waals surface area (Å²) >= 11 is 0. The van der Waals surface area contributed by atoms with Gasteiger partial charge in [-0.25, -0.2) is 4.98 Å². The lowest BCUT2D eigenvalue weighted by Gasteiger charge is -2.20. The van der Waals surface area contributed by atoms with E-state index in [1.54, 1.807) is 0 Å². The zero-order valence-corrected chi connectivity index (χ0v) is 14.6. The van der Waals surface area contributed by atoms with Crippen LogP contribution in [0.4, 0.5) is 5.82 Å². The van der Waals surface area contributed by atoms with Crippen molar-refractivity contribution < 1.29 is 0 Å². The maximum atomic E-state index is 4.77. The molecule has 0 atom stereocenters. The minimum atomic E-state index is 0.689. The number of anilines is 1. The van der Waals surface area contributed by atoms with Gasteiger partial charge in [-0.1, -0.05) is 40.5 Å². The molecule has 1 aromatic rings. The molecular weight excluding hydrogens is 258 g/mol. The van der Waals surface area contributed by atoms with Gasteiger partial charge in [-0.2, -0.15) is 0 Å². The van der Waals surface area contributed by atoms with Gasteiger partial charge in [0.15, 0.2) is 0 Å². The van der Waals surface area contributed by atoms with E-state index in [0.29, 0.717) is 5.92 Å². The Balaban J connectivity index is 2.69. The van der Waals surface area contributed by atoms with Crippen molar-refractivity contribution in [3.63, 3.8) is 0 Å². The lowest BCUT2D eigenvalue weighted by atomic mass is 10.1. The van der Waals surface area contributed by atoms with E-state index in [4.69, 9.17) is 4.98 Å². The van der Waals surface area contributed by atoms with Crippen LogP contribution in [0, 0.1) is 5.92 Å². The molecule has 0 saturated heterocycles. The molecule has 0 aliphatic heterocycles. The minimum absolute atomic E-state index is 0.689. The van der Waals surface area contributed by atoms with Crippen LogP contribution in [-0.2, 0) is 13.0 Å². The van der Waals surface area contributed by atoms with E-state index in [9.17, 15) is 0 Å². The third-order valence-corrected chi connectivity index (χ3v) is 3.66. The first-order chi connectivity index (χ1) is 10.1. The minimum Gasteiger partial charge on any atom is -0.360 e. The Morgan fingerprint density at radius 3 is 2.57 bits per heavy atom. The van der Waals surface area contributed by atoms with Crippen LogP contribution >= 0.6 is 0 Å². The normalized spacial score (nSPS) is 11.1. The van der Waals surface area contributed by atoms with Gasteiger partial charge in [0.2, 0.25) is 0 Å². The highest BCUT2D eigenvalue weighted by molar-refractivity contribution is 5.42. The first kappa shape index (κ1) is 18.0. The first-order valence-corrected chi connectivity index (χ1v) is 8.48. The van der Waals surface area contributed by atoms with Crippen LogP contribution in [0.15, 0.2) is 12.1 Å². The van der Waals surface area contributed by atoms with Gasteiger partial charge in [0.05, 0.1) is 0 Å². The summed E-state index contributed by atoms with van der Waals surface area (Å²) in [6.07, 6.45) is 4.79. The fourth-order valence-corrected chi connectivity index (χ4v) is 2.33. The molecule has 1 rings (SSSR count). The fraction of sp³-hybridized carbons (Fsp3) is 0.722. The maximum absolute atomic E-state index is 4.77. The number of aryl methyl sites for hydroxylation is 1. The van der Waals surface area contributed by atoms with Crippen molar-refractivity contribution in [2.45, 2.75) is 59.9 Å². The van der Waals surface area contributed by atoms with Crippen molar-refractivity contribution in [1.29, 1.82) is 0 Å². The zero-order valence-electron chi connectivity index (χ0n) is 14.6. The van der Waals surface area contributed by atoms with Crippen LogP contribution in [-0.4, -0.2) is 25.1 Å². The van der Waals surface area contributed by atoms with E-state index in [1.165, 1.54) is 30.5 Å². The molecule has 120 valence electrons. The molecule has 1 N–H and O–H groups in total. The molecule has 0 aliphatic rings. The largest absolute Gasteiger partial charge is 0.360 e. The summed E-state index contributed by atoms with van der Waals surface area (Å²) in [4.78, 5) is 7.06. The van der Waals surface area contributed by atoms with Crippen molar-refractivity contribution in [2.24, 2.45) is 5.92 Å². The summed E-state index contributed by atoms with van der Waals surface area (Å²) < 4.78 is 0. The summed E-state index contributed by atoms with van der Waals surface area (Å²) in [5, 5.41) is 3.52. The van der Waals surface area contributed by atoms with Crippen LogP contribution in [0.1, 0.15) is 58.2 Å². The van der Waals surface area contributed by atoms with E-state index < -0.39 is 0 Å². The molecule has 21 heavy (non-hydrogen) atoms. The predicted molar refractivity (Wildman–Crippen MR) is 93.0 cm³/mol. The summed E-state index contributed by atoms with van der Waals surface area (Å²) in [6.45, 7) is 12.0. The second kappa shape index (κ2) is 9.78. The molecule has 0 unspecified atom stereocenters. The zero-order chi connectivity index (χ0) is 15.7. The molecule has 3 heteroatoms. The van der Waals surface area contributed by atoms with Crippen molar-refractivity contribution in [1.82, 2.24) is 10.3 Å². The van der Waals surface area contributed by atoms with E-state index in [-0.39, 0.29) is 0 Å². The number of unbranched alkanes of at least 4 members (excludes halogenated alkanes) is 2. The third kappa shape index (κ3) is 6.94. The highest BCUT2D eigenvalue weighted by Gasteiger charge is 2.06. The highest BCUT2D eigenvalue weighted by Crippen LogP contribution is 2.15. The Kier molecular flexibility index (Phi) is 8.36. The Bertz CT molecular complexity index is 401. The SMILES string of the molecule is CCCCCN(C)c1cc(CNCC(C)C)cc(CC)n1. The van der Waals surface area contributed by atoms with E-state index in [2.05, 4.69) is 57.1 Å². The van der Waals surface area contributed by atoms with Crippen LogP contribution in [0.25, 0.3) is 0 Å². The van der Waals surface area contributed by atoms with Crippen molar-refractivity contribution in [3.05, 3.63) is 23.4 Å². The third-order valence-electron chi connectivity index (χ3n) is 3.66. The van der Waals surface area contributed by atoms with Gasteiger partial charge in [0.25, 0.3) is 0 Å². The number of nitrogens with one attached hydrogen (secondary N) is 1. The van der Waals surface area contributed by atoms with Crippen molar-refractivity contribution in [2.75, 3.05) is 25.0 Å². The molecule has 1 heterocycles. The molecule has 0 radical (unpaired) electrons. The molecule has 0 amide bonds. The van der Waals surface area contributed by atoms with E-state index in [0.717, 1.165) is 31.9 Å². The number of hydrogen-bond donors (Lipinski definition) is 1. The van der Waals surface area contributed by atoms with Gasteiger partial charge < -0.3 is 10.2 Å². The highest BCUT2D eigenvalue weighted by atomic mass is 15.2. The topological polar surface area (TPSA) is 28.2 Å².